The highest BCUT2D eigenvalue weighted by atomic mass is 16.5. The number of carbonyl (C=O) groups is 1. The van der Waals surface area contributed by atoms with Gasteiger partial charge in [0, 0.05) is 7.05 Å². The van der Waals surface area contributed by atoms with Crippen LogP contribution < -0.4 is 5.76 Å². The zero-order valence-corrected chi connectivity index (χ0v) is 9.88. The molecule has 1 aromatic carbocycles. The SMILES string of the molecule is Cn1c(=O)oc2cc(CCOCC(=O)O)ccc21. The number of ether oxygens (including phenoxy) is 1. The van der Waals surface area contributed by atoms with Crippen LogP contribution in [0.3, 0.4) is 0 Å². The molecule has 2 aromatic rings. The van der Waals surface area contributed by atoms with E-state index < -0.39 is 11.7 Å². The van der Waals surface area contributed by atoms with Crippen molar-refractivity contribution in [1.82, 2.24) is 4.57 Å². The molecule has 2 rings (SSSR count). The number of aryl methyl sites for hydroxylation is 1. The average molecular weight is 251 g/mol. The maximum atomic E-state index is 11.3. The van der Waals surface area contributed by atoms with E-state index in [1.807, 2.05) is 6.07 Å². The van der Waals surface area contributed by atoms with Crippen molar-refractivity contribution < 1.29 is 19.1 Å². The van der Waals surface area contributed by atoms with Crippen molar-refractivity contribution in [3.8, 4) is 0 Å². The number of aromatic nitrogens is 1. The zero-order chi connectivity index (χ0) is 13.1. The summed E-state index contributed by atoms with van der Waals surface area (Å²) >= 11 is 0. The molecule has 96 valence electrons. The van der Waals surface area contributed by atoms with E-state index in [1.165, 1.54) is 4.57 Å². The number of benzene rings is 1. The molecule has 0 fully saturated rings. The molecule has 0 atom stereocenters. The molecule has 1 heterocycles. The number of fused-ring (bicyclic) bond motifs is 1. The third kappa shape index (κ3) is 2.60. The molecule has 1 aromatic heterocycles. The van der Waals surface area contributed by atoms with Crippen molar-refractivity contribution >= 4 is 17.1 Å². The predicted octanol–water partition coefficient (Wildman–Crippen LogP) is 0.775. The van der Waals surface area contributed by atoms with Gasteiger partial charge in [0.05, 0.1) is 12.1 Å². The second-order valence-electron chi connectivity index (χ2n) is 3.93. The molecule has 18 heavy (non-hydrogen) atoms. The number of nitrogens with zero attached hydrogens (tertiary/aromatic N) is 1. The van der Waals surface area contributed by atoms with Gasteiger partial charge in [-0.1, -0.05) is 6.07 Å². The number of rotatable bonds is 5. The molecular formula is C12H13NO5. The van der Waals surface area contributed by atoms with Crippen molar-refractivity contribution in [1.29, 1.82) is 0 Å². The molecule has 0 amide bonds. The highest BCUT2D eigenvalue weighted by molar-refractivity contribution is 5.73. The lowest BCUT2D eigenvalue weighted by Crippen LogP contribution is -2.09. The number of aliphatic carboxylic acids is 1. The van der Waals surface area contributed by atoms with Gasteiger partial charge < -0.3 is 14.3 Å². The van der Waals surface area contributed by atoms with E-state index in [1.54, 1.807) is 19.2 Å². The standard InChI is InChI=1S/C12H13NO5/c1-13-9-3-2-8(4-5-17-7-11(14)15)6-10(9)18-12(13)16/h2-3,6H,4-5,7H2,1H3,(H,14,15). The van der Waals surface area contributed by atoms with E-state index in [0.29, 0.717) is 18.6 Å². The van der Waals surface area contributed by atoms with E-state index in [-0.39, 0.29) is 6.61 Å². The normalized spacial score (nSPS) is 10.9. The minimum absolute atomic E-state index is 0.303. The van der Waals surface area contributed by atoms with Gasteiger partial charge in [0.1, 0.15) is 6.61 Å². The molecule has 6 nitrogen and oxygen atoms in total. The van der Waals surface area contributed by atoms with Crippen molar-refractivity contribution in [3.05, 3.63) is 34.3 Å². The second kappa shape index (κ2) is 5.05. The van der Waals surface area contributed by atoms with Crippen LogP contribution in [0.5, 0.6) is 0 Å². The van der Waals surface area contributed by atoms with Crippen LogP contribution >= 0.6 is 0 Å². The van der Waals surface area contributed by atoms with Crippen LogP contribution in [0.25, 0.3) is 11.1 Å². The Morgan fingerprint density at radius 1 is 1.50 bits per heavy atom. The zero-order valence-electron chi connectivity index (χ0n) is 9.88. The maximum absolute atomic E-state index is 11.3. The molecule has 0 aliphatic heterocycles. The van der Waals surface area contributed by atoms with Gasteiger partial charge in [-0.15, -0.1) is 0 Å². The first-order valence-electron chi connectivity index (χ1n) is 5.46. The molecule has 0 unspecified atom stereocenters. The number of carboxylic acids is 1. The first kappa shape index (κ1) is 12.4. The lowest BCUT2D eigenvalue weighted by molar-refractivity contribution is -0.142. The van der Waals surface area contributed by atoms with Crippen LogP contribution in [0.1, 0.15) is 5.56 Å². The van der Waals surface area contributed by atoms with E-state index in [0.717, 1.165) is 11.1 Å². The van der Waals surface area contributed by atoms with Gasteiger partial charge in [-0.25, -0.2) is 9.59 Å². The Labute approximate surface area is 102 Å². The smallest absolute Gasteiger partial charge is 0.419 e. The lowest BCUT2D eigenvalue weighted by atomic mass is 10.1. The van der Waals surface area contributed by atoms with Crippen LogP contribution in [-0.4, -0.2) is 28.9 Å². The van der Waals surface area contributed by atoms with Crippen LogP contribution in [0, 0.1) is 0 Å². The highest BCUT2D eigenvalue weighted by Crippen LogP contribution is 2.14. The van der Waals surface area contributed by atoms with Gasteiger partial charge in [-0.05, 0) is 24.1 Å². The molecule has 0 saturated carbocycles. The minimum Gasteiger partial charge on any atom is -0.480 e. The van der Waals surface area contributed by atoms with E-state index in [2.05, 4.69) is 0 Å². The van der Waals surface area contributed by atoms with E-state index in [9.17, 15) is 9.59 Å². The number of hydrogen-bond acceptors (Lipinski definition) is 4. The van der Waals surface area contributed by atoms with Crippen molar-refractivity contribution in [2.45, 2.75) is 6.42 Å². The van der Waals surface area contributed by atoms with Crippen molar-refractivity contribution in [2.24, 2.45) is 7.05 Å². The molecule has 0 saturated heterocycles. The average Bonchev–Trinajstić information content (AvgIpc) is 2.60. The summed E-state index contributed by atoms with van der Waals surface area (Å²) < 4.78 is 11.4. The summed E-state index contributed by atoms with van der Waals surface area (Å²) in [4.78, 5) is 21.5. The Kier molecular flexibility index (Phi) is 3.47. The monoisotopic (exact) mass is 251 g/mol. The maximum Gasteiger partial charge on any atom is 0.419 e. The van der Waals surface area contributed by atoms with Gasteiger partial charge in [-0.3, -0.25) is 4.57 Å². The van der Waals surface area contributed by atoms with Crippen LogP contribution in [0.15, 0.2) is 27.4 Å². The Hall–Kier alpha value is -2.08. The Balaban J connectivity index is 2.06. The largest absolute Gasteiger partial charge is 0.480 e. The summed E-state index contributed by atoms with van der Waals surface area (Å²) in [6.45, 7) is 0.0114. The molecule has 0 radical (unpaired) electrons. The predicted molar refractivity (Wildman–Crippen MR) is 63.6 cm³/mol. The van der Waals surface area contributed by atoms with Gasteiger partial charge in [0.2, 0.25) is 0 Å². The number of oxazole rings is 1. The Bertz CT molecular complexity index is 625. The first-order chi connectivity index (χ1) is 8.58. The first-order valence-corrected chi connectivity index (χ1v) is 5.46. The fourth-order valence-electron chi connectivity index (χ4n) is 1.68. The summed E-state index contributed by atoms with van der Waals surface area (Å²) in [6, 6.07) is 5.43. The summed E-state index contributed by atoms with van der Waals surface area (Å²) in [5, 5.41) is 8.41. The number of hydrogen-bond donors (Lipinski definition) is 1. The summed E-state index contributed by atoms with van der Waals surface area (Å²) in [5.74, 6) is -1.39. The van der Waals surface area contributed by atoms with Crippen LogP contribution in [-0.2, 0) is 23.0 Å². The number of carboxylic acid groups (broad SMARTS) is 1. The third-order valence-electron chi connectivity index (χ3n) is 2.62. The lowest BCUT2D eigenvalue weighted by Gasteiger charge is -2.02. The fourth-order valence-corrected chi connectivity index (χ4v) is 1.68. The molecule has 0 aliphatic carbocycles. The second-order valence-corrected chi connectivity index (χ2v) is 3.93. The van der Waals surface area contributed by atoms with E-state index in [4.69, 9.17) is 14.3 Å². The van der Waals surface area contributed by atoms with Gasteiger partial charge >= 0.3 is 11.7 Å². The summed E-state index contributed by atoms with van der Waals surface area (Å²) in [6.07, 6.45) is 0.571. The Morgan fingerprint density at radius 3 is 3.00 bits per heavy atom. The molecule has 1 N–H and O–H groups in total. The summed E-state index contributed by atoms with van der Waals surface area (Å²) in [5.41, 5.74) is 2.19. The molecule has 0 aliphatic rings. The minimum atomic E-state index is -0.987. The van der Waals surface area contributed by atoms with Crippen molar-refractivity contribution in [3.63, 3.8) is 0 Å². The molecule has 6 heteroatoms. The topological polar surface area (TPSA) is 81.7 Å². The van der Waals surface area contributed by atoms with Gasteiger partial charge in [0.25, 0.3) is 0 Å². The van der Waals surface area contributed by atoms with Gasteiger partial charge in [-0.2, -0.15) is 0 Å². The van der Waals surface area contributed by atoms with Crippen LogP contribution in [0.2, 0.25) is 0 Å². The fraction of sp³-hybridized carbons (Fsp3) is 0.333. The molecular weight excluding hydrogens is 238 g/mol. The highest BCUT2D eigenvalue weighted by Gasteiger charge is 2.06. The Morgan fingerprint density at radius 2 is 2.28 bits per heavy atom. The van der Waals surface area contributed by atoms with E-state index >= 15 is 0 Å². The molecule has 0 spiro atoms. The summed E-state index contributed by atoms with van der Waals surface area (Å²) in [7, 11) is 1.64. The van der Waals surface area contributed by atoms with Gasteiger partial charge in [0.15, 0.2) is 5.58 Å². The van der Waals surface area contributed by atoms with Crippen molar-refractivity contribution in [2.75, 3.05) is 13.2 Å². The van der Waals surface area contributed by atoms with Crippen LogP contribution in [0.4, 0.5) is 0 Å². The molecule has 0 bridgehead atoms. The third-order valence-corrected chi connectivity index (χ3v) is 2.62. The quantitative estimate of drug-likeness (QED) is 0.794.